The zero-order valence-electron chi connectivity index (χ0n) is 17.2. The minimum absolute atomic E-state index is 0.0482. The maximum Gasteiger partial charge on any atom is 0.306 e. The highest BCUT2D eigenvalue weighted by molar-refractivity contribution is 6.03. The summed E-state index contributed by atoms with van der Waals surface area (Å²) in [6.45, 7) is 2.07. The maximum absolute atomic E-state index is 12.6. The number of amidine groups is 1. The Morgan fingerprint density at radius 1 is 1.13 bits per heavy atom. The molecule has 1 saturated carbocycles. The van der Waals surface area contributed by atoms with Crippen LogP contribution in [-0.2, 0) is 25.5 Å². The molecule has 0 bridgehead atoms. The average Bonchev–Trinajstić information content (AvgIpc) is 3.55. The quantitative estimate of drug-likeness (QED) is 0.276. The van der Waals surface area contributed by atoms with Gasteiger partial charge in [-0.05, 0) is 55.7 Å². The first-order valence-electron chi connectivity index (χ1n) is 10.0. The molecule has 9 nitrogen and oxygen atoms in total. The number of carbonyl (C=O) groups excluding carboxylic acids is 3. The molecular formula is C22H25N5O4. The number of amides is 2. The van der Waals surface area contributed by atoms with E-state index >= 15 is 0 Å². The highest BCUT2D eigenvalue weighted by atomic mass is 16.5. The number of rotatable bonds is 9. The third kappa shape index (κ3) is 5.88. The number of nitrogens with zero attached hydrogens (tertiary/aromatic N) is 1. The van der Waals surface area contributed by atoms with Crippen molar-refractivity contribution in [1.29, 1.82) is 5.41 Å². The molecule has 31 heavy (non-hydrogen) atoms. The van der Waals surface area contributed by atoms with E-state index in [2.05, 4.69) is 15.6 Å². The molecule has 1 heterocycles. The van der Waals surface area contributed by atoms with E-state index in [1.807, 2.05) is 0 Å². The van der Waals surface area contributed by atoms with Crippen LogP contribution in [0.2, 0.25) is 0 Å². The van der Waals surface area contributed by atoms with Gasteiger partial charge in [-0.25, -0.2) is 4.98 Å². The number of anilines is 2. The van der Waals surface area contributed by atoms with Gasteiger partial charge < -0.3 is 21.1 Å². The van der Waals surface area contributed by atoms with Gasteiger partial charge in [-0.3, -0.25) is 19.8 Å². The van der Waals surface area contributed by atoms with Crippen LogP contribution >= 0.6 is 0 Å². The first-order chi connectivity index (χ1) is 14.9. The van der Waals surface area contributed by atoms with Crippen molar-refractivity contribution in [1.82, 2.24) is 4.98 Å². The lowest BCUT2D eigenvalue weighted by atomic mass is 10.1. The standard InChI is InChI=1S/C22H25N5O4/c1-2-31-18(28)10-7-14-4-3-11-25-20(14)27-22(30)17-12-16(17)21(29)26-15-8-5-13(6-9-15)19(23)24/h3-6,8-9,11,16-17H,2,7,10,12H2,1H3,(H3,23,24)(H,26,29)(H,25,27,30). The van der Waals surface area contributed by atoms with E-state index in [0.29, 0.717) is 36.5 Å². The number of hydrogen-bond acceptors (Lipinski definition) is 6. The molecule has 0 spiro atoms. The van der Waals surface area contributed by atoms with Crippen molar-refractivity contribution in [3.8, 4) is 0 Å². The summed E-state index contributed by atoms with van der Waals surface area (Å²) in [6.07, 6.45) is 2.60. The van der Waals surface area contributed by atoms with Gasteiger partial charge in [0, 0.05) is 23.9 Å². The molecule has 1 aliphatic carbocycles. The van der Waals surface area contributed by atoms with Crippen LogP contribution in [0.15, 0.2) is 42.6 Å². The first kappa shape index (κ1) is 21.9. The van der Waals surface area contributed by atoms with Gasteiger partial charge in [0.05, 0.1) is 18.4 Å². The molecule has 5 N–H and O–H groups in total. The summed E-state index contributed by atoms with van der Waals surface area (Å²) in [4.78, 5) is 40.8. The third-order valence-corrected chi connectivity index (χ3v) is 4.96. The molecule has 162 valence electrons. The molecule has 1 aromatic carbocycles. The van der Waals surface area contributed by atoms with Crippen LogP contribution in [0.5, 0.6) is 0 Å². The summed E-state index contributed by atoms with van der Waals surface area (Å²) in [5, 5.41) is 12.9. The number of nitrogens with one attached hydrogen (secondary N) is 3. The van der Waals surface area contributed by atoms with E-state index in [1.165, 1.54) is 0 Å². The number of esters is 1. The number of pyridine rings is 1. The number of ether oxygens (including phenoxy) is 1. The Labute approximate surface area is 179 Å². The molecule has 1 fully saturated rings. The van der Waals surface area contributed by atoms with Crippen molar-refractivity contribution >= 4 is 35.1 Å². The smallest absolute Gasteiger partial charge is 0.306 e. The van der Waals surface area contributed by atoms with Crippen molar-refractivity contribution in [2.45, 2.75) is 26.2 Å². The number of benzene rings is 1. The van der Waals surface area contributed by atoms with Gasteiger partial charge in [0.25, 0.3) is 0 Å². The number of aromatic nitrogens is 1. The van der Waals surface area contributed by atoms with Crippen molar-refractivity contribution in [3.05, 3.63) is 53.7 Å². The Kier molecular flexibility index (Phi) is 6.96. The molecule has 0 aliphatic heterocycles. The van der Waals surface area contributed by atoms with Crippen LogP contribution in [-0.4, -0.2) is 35.2 Å². The minimum Gasteiger partial charge on any atom is -0.466 e. The number of nitrogen functional groups attached to an aromatic ring is 1. The molecule has 2 unspecified atom stereocenters. The molecule has 2 amide bonds. The second-order valence-corrected chi connectivity index (χ2v) is 7.23. The number of hydrogen-bond donors (Lipinski definition) is 4. The molecular weight excluding hydrogens is 398 g/mol. The molecule has 1 aromatic heterocycles. The van der Waals surface area contributed by atoms with E-state index in [9.17, 15) is 14.4 Å². The molecule has 2 aromatic rings. The molecule has 0 radical (unpaired) electrons. The van der Waals surface area contributed by atoms with Crippen LogP contribution in [0.25, 0.3) is 0 Å². The summed E-state index contributed by atoms with van der Waals surface area (Å²) in [5.74, 6) is -1.33. The van der Waals surface area contributed by atoms with Gasteiger partial charge in [0.1, 0.15) is 11.7 Å². The highest BCUT2D eigenvalue weighted by Gasteiger charge is 2.48. The van der Waals surface area contributed by atoms with Crippen molar-refractivity contribution in [2.75, 3.05) is 17.2 Å². The van der Waals surface area contributed by atoms with Crippen LogP contribution in [0, 0.1) is 17.2 Å². The fraction of sp³-hybridized carbons (Fsp3) is 0.318. The first-order valence-corrected chi connectivity index (χ1v) is 10.0. The molecule has 1 aliphatic rings. The minimum atomic E-state index is -0.434. The number of aryl methyl sites for hydroxylation is 1. The van der Waals surface area contributed by atoms with Crippen molar-refractivity contribution < 1.29 is 19.1 Å². The van der Waals surface area contributed by atoms with Crippen LogP contribution in [0.1, 0.15) is 30.9 Å². The van der Waals surface area contributed by atoms with E-state index in [-0.39, 0.29) is 30.0 Å². The van der Waals surface area contributed by atoms with Gasteiger partial charge >= 0.3 is 5.97 Å². The Balaban J connectivity index is 1.54. The monoisotopic (exact) mass is 423 g/mol. The van der Waals surface area contributed by atoms with E-state index in [1.54, 1.807) is 49.5 Å². The lowest BCUT2D eigenvalue weighted by Gasteiger charge is -2.10. The van der Waals surface area contributed by atoms with Crippen LogP contribution in [0.3, 0.4) is 0 Å². The largest absolute Gasteiger partial charge is 0.466 e. The predicted molar refractivity (Wildman–Crippen MR) is 116 cm³/mol. The predicted octanol–water partition coefficient (Wildman–Crippen LogP) is 2.07. The molecule has 9 heteroatoms. The molecule has 3 rings (SSSR count). The van der Waals surface area contributed by atoms with Crippen LogP contribution in [0.4, 0.5) is 11.5 Å². The Hall–Kier alpha value is -3.75. The summed E-state index contributed by atoms with van der Waals surface area (Å²) >= 11 is 0. The lowest BCUT2D eigenvalue weighted by molar-refractivity contribution is -0.143. The summed E-state index contributed by atoms with van der Waals surface area (Å²) in [5.41, 5.74) is 7.29. The van der Waals surface area contributed by atoms with Gasteiger partial charge in [-0.1, -0.05) is 6.07 Å². The van der Waals surface area contributed by atoms with Crippen LogP contribution < -0.4 is 16.4 Å². The van der Waals surface area contributed by atoms with E-state index < -0.39 is 11.8 Å². The molecule has 0 saturated heterocycles. The van der Waals surface area contributed by atoms with Gasteiger partial charge in [-0.2, -0.15) is 0 Å². The Morgan fingerprint density at radius 3 is 2.45 bits per heavy atom. The average molecular weight is 423 g/mol. The summed E-state index contributed by atoms with van der Waals surface area (Å²) < 4.78 is 4.93. The second-order valence-electron chi connectivity index (χ2n) is 7.23. The topological polar surface area (TPSA) is 147 Å². The second kappa shape index (κ2) is 9.84. The fourth-order valence-corrected chi connectivity index (χ4v) is 3.17. The Bertz CT molecular complexity index is 990. The zero-order chi connectivity index (χ0) is 22.4. The summed E-state index contributed by atoms with van der Waals surface area (Å²) in [6, 6.07) is 10.2. The van der Waals surface area contributed by atoms with E-state index in [4.69, 9.17) is 15.9 Å². The van der Waals surface area contributed by atoms with E-state index in [0.717, 1.165) is 5.56 Å². The highest BCUT2D eigenvalue weighted by Crippen LogP contribution is 2.40. The maximum atomic E-state index is 12.6. The molecule has 2 atom stereocenters. The normalized spacial score (nSPS) is 16.8. The van der Waals surface area contributed by atoms with Gasteiger partial charge in [-0.15, -0.1) is 0 Å². The third-order valence-electron chi connectivity index (χ3n) is 4.96. The SMILES string of the molecule is CCOC(=O)CCc1cccnc1NC(=O)C1CC1C(=O)Nc1ccc(C(=N)N)cc1. The Morgan fingerprint density at radius 2 is 1.81 bits per heavy atom. The summed E-state index contributed by atoms with van der Waals surface area (Å²) in [7, 11) is 0. The van der Waals surface area contributed by atoms with Crippen molar-refractivity contribution in [2.24, 2.45) is 17.6 Å². The van der Waals surface area contributed by atoms with Crippen molar-refractivity contribution in [3.63, 3.8) is 0 Å². The van der Waals surface area contributed by atoms with Gasteiger partial charge in [0.2, 0.25) is 11.8 Å². The lowest BCUT2D eigenvalue weighted by Crippen LogP contribution is -2.21. The zero-order valence-corrected chi connectivity index (χ0v) is 17.2. The van der Waals surface area contributed by atoms with Gasteiger partial charge in [0.15, 0.2) is 0 Å². The fourth-order valence-electron chi connectivity index (χ4n) is 3.17. The number of nitrogens with two attached hydrogens (primary N) is 1. The number of carbonyl (C=O) groups is 3.